The third kappa shape index (κ3) is 4.76. The minimum absolute atomic E-state index is 0.0116. The molecule has 26 heavy (non-hydrogen) atoms. The average molecular weight is 368 g/mol. The van der Waals surface area contributed by atoms with Crippen molar-refractivity contribution in [3.05, 3.63) is 17.7 Å². The van der Waals surface area contributed by atoms with Crippen LogP contribution in [0, 0.1) is 0 Å². The van der Waals surface area contributed by atoms with Crippen LogP contribution in [0.2, 0.25) is 0 Å². The quantitative estimate of drug-likeness (QED) is 0.588. The molecule has 142 valence electrons. The summed E-state index contributed by atoms with van der Waals surface area (Å²) in [5.74, 6) is 0.627. The minimum atomic E-state index is -0.450. The molecule has 10 nitrogen and oxygen atoms in total. The van der Waals surface area contributed by atoms with Crippen LogP contribution in [0.1, 0.15) is 10.4 Å². The number of aldehydes is 1. The Morgan fingerprint density at radius 2 is 2.04 bits per heavy atom. The van der Waals surface area contributed by atoms with Gasteiger partial charge in [0.2, 0.25) is 0 Å². The van der Waals surface area contributed by atoms with Gasteiger partial charge in [0, 0.05) is 13.2 Å². The smallest absolute Gasteiger partial charge is 0.414 e. The second kappa shape index (κ2) is 9.47. The van der Waals surface area contributed by atoms with E-state index in [2.05, 4.69) is 10.1 Å². The van der Waals surface area contributed by atoms with Crippen LogP contribution in [0.4, 0.5) is 15.3 Å². The van der Waals surface area contributed by atoms with E-state index in [1.165, 1.54) is 19.1 Å². The van der Waals surface area contributed by atoms with Crippen molar-refractivity contribution in [2.75, 3.05) is 52.2 Å². The molecule has 0 saturated carbocycles. The summed E-state index contributed by atoms with van der Waals surface area (Å²) in [6.07, 6.45) is -0.109. The Labute approximate surface area is 149 Å². The maximum atomic E-state index is 11.6. The van der Waals surface area contributed by atoms with Gasteiger partial charge in [-0.15, -0.1) is 0 Å². The Kier molecular flexibility index (Phi) is 7.03. The first-order chi connectivity index (χ1) is 12.6. The van der Waals surface area contributed by atoms with E-state index in [0.717, 1.165) is 0 Å². The summed E-state index contributed by atoms with van der Waals surface area (Å²) in [5.41, 5.74) is 0.798. The zero-order chi connectivity index (χ0) is 18.9. The van der Waals surface area contributed by atoms with Crippen molar-refractivity contribution < 1.29 is 38.1 Å². The molecule has 2 saturated heterocycles. The van der Waals surface area contributed by atoms with Crippen molar-refractivity contribution in [3.8, 4) is 11.5 Å². The lowest BCUT2D eigenvalue weighted by molar-refractivity contribution is 0.0485. The number of cyclic esters (lactones) is 2. The van der Waals surface area contributed by atoms with Gasteiger partial charge in [0.1, 0.15) is 13.2 Å². The lowest BCUT2D eigenvalue weighted by Gasteiger charge is -2.17. The number of ether oxygens (including phenoxy) is 5. The van der Waals surface area contributed by atoms with Crippen LogP contribution < -0.4 is 19.7 Å². The van der Waals surface area contributed by atoms with Crippen LogP contribution in [0.5, 0.6) is 11.5 Å². The molecule has 2 fully saturated rings. The summed E-state index contributed by atoms with van der Waals surface area (Å²) < 4.78 is 24.6. The summed E-state index contributed by atoms with van der Waals surface area (Å²) in [7, 11) is 2.93. The summed E-state index contributed by atoms with van der Waals surface area (Å²) in [5, 5.41) is 2.46. The summed E-state index contributed by atoms with van der Waals surface area (Å²) >= 11 is 0. The van der Waals surface area contributed by atoms with Crippen LogP contribution in [-0.2, 0) is 14.2 Å². The molecule has 2 heterocycles. The van der Waals surface area contributed by atoms with E-state index in [1.807, 2.05) is 0 Å². The zero-order valence-electron chi connectivity index (χ0n) is 14.5. The van der Waals surface area contributed by atoms with E-state index in [0.29, 0.717) is 44.0 Å². The number of amides is 2. The topological polar surface area (TPSA) is 113 Å². The SMILES string of the molecule is COCOc1c(C=O)cc(N2CCOC2=O)cc1OC.O=C1NCCO1. The van der Waals surface area contributed by atoms with Gasteiger partial charge in [-0.3, -0.25) is 9.69 Å². The van der Waals surface area contributed by atoms with Crippen molar-refractivity contribution in [3.63, 3.8) is 0 Å². The first-order valence-corrected chi connectivity index (χ1v) is 7.74. The van der Waals surface area contributed by atoms with Gasteiger partial charge in [0.15, 0.2) is 24.6 Å². The maximum absolute atomic E-state index is 11.6. The molecule has 1 aromatic rings. The van der Waals surface area contributed by atoms with E-state index >= 15 is 0 Å². The van der Waals surface area contributed by atoms with Gasteiger partial charge in [-0.2, -0.15) is 0 Å². The Bertz CT molecular complexity index is 656. The summed E-state index contributed by atoms with van der Waals surface area (Å²) in [4.78, 5) is 34.1. The normalized spacial score (nSPS) is 15.4. The number of nitrogens with one attached hydrogen (secondary N) is 1. The van der Waals surface area contributed by atoms with Gasteiger partial charge in [-0.05, 0) is 6.07 Å². The molecule has 0 aliphatic carbocycles. The Hall–Kier alpha value is -3.01. The molecule has 0 spiro atoms. The highest BCUT2D eigenvalue weighted by atomic mass is 16.7. The van der Waals surface area contributed by atoms with Gasteiger partial charge >= 0.3 is 12.2 Å². The Morgan fingerprint density at radius 3 is 2.50 bits per heavy atom. The summed E-state index contributed by atoms with van der Waals surface area (Å²) in [6.45, 7) is 1.93. The molecule has 2 aliphatic heterocycles. The number of hydrogen-bond acceptors (Lipinski definition) is 8. The predicted octanol–water partition coefficient (Wildman–Crippen LogP) is 1.17. The van der Waals surface area contributed by atoms with Crippen LogP contribution in [-0.4, -0.2) is 65.8 Å². The monoisotopic (exact) mass is 368 g/mol. The van der Waals surface area contributed by atoms with Gasteiger partial charge in [0.05, 0.1) is 31.5 Å². The van der Waals surface area contributed by atoms with Crippen molar-refractivity contribution in [2.24, 2.45) is 0 Å². The van der Waals surface area contributed by atoms with Crippen LogP contribution in [0.15, 0.2) is 12.1 Å². The third-order valence-electron chi connectivity index (χ3n) is 3.41. The fourth-order valence-corrected chi connectivity index (χ4v) is 2.25. The molecule has 0 atom stereocenters. The predicted molar refractivity (Wildman–Crippen MR) is 88.9 cm³/mol. The zero-order valence-corrected chi connectivity index (χ0v) is 14.5. The number of anilines is 1. The molecule has 0 radical (unpaired) electrons. The molecule has 0 aromatic heterocycles. The molecule has 3 rings (SSSR count). The number of alkyl carbamates (subject to hydrolysis) is 1. The molecule has 0 bridgehead atoms. The van der Waals surface area contributed by atoms with Crippen LogP contribution in [0.3, 0.4) is 0 Å². The highest BCUT2D eigenvalue weighted by Crippen LogP contribution is 2.36. The van der Waals surface area contributed by atoms with Crippen molar-refractivity contribution >= 4 is 24.2 Å². The second-order valence-electron chi connectivity index (χ2n) is 5.06. The largest absolute Gasteiger partial charge is 0.493 e. The standard InChI is InChI=1S/C13H15NO6.C3H5NO2/c1-17-8-20-12-9(7-15)5-10(6-11(12)18-2)14-3-4-19-13(14)16;5-3-4-1-2-6-3/h5-7H,3-4,8H2,1-2H3;1-2H2,(H,4,5). The lowest BCUT2D eigenvalue weighted by atomic mass is 10.1. The number of carbonyl (C=O) groups is 3. The molecule has 0 unspecified atom stereocenters. The Morgan fingerprint density at radius 1 is 1.23 bits per heavy atom. The number of hydrogen-bond donors (Lipinski definition) is 1. The summed E-state index contributed by atoms with van der Waals surface area (Å²) in [6, 6.07) is 3.16. The number of rotatable bonds is 6. The van der Waals surface area contributed by atoms with E-state index in [9.17, 15) is 14.4 Å². The van der Waals surface area contributed by atoms with E-state index < -0.39 is 6.09 Å². The number of nitrogens with zero attached hydrogens (tertiary/aromatic N) is 1. The fraction of sp³-hybridized carbons (Fsp3) is 0.438. The molecular weight excluding hydrogens is 348 g/mol. The average Bonchev–Trinajstić information content (AvgIpc) is 3.30. The number of methoxy groups -OCH3 is 2. The molecule has 1 N–H and O–H groups in total. The van der Waals surface area contributed by atoms with E-state index in [4.69, 9.17) is 18.9 Å². The van der Waals surface area contributed by atoms with Gasteiger partial charge in [0.25, 0.3) is 0 Å². The van der Waals surface area contributed by atoms with Crippen molar-refractivity contribution in [2.45, 2.75) is 0 Å². The highest BCUT2D eigenvalue weighted by molar-refractivity contribution is 5.92. The number of benzene rings is 1. The van der Waals surface area contributed by atoms with Gasteiger partial charge < -0.3 is 29.0 Å². The first kappa shape index (κ1) is 19.3. The Balaban J connectivity index is 0.000000342. The molecule has 2 aliphatic rings. The van der Waals surface area contributed by atoms with Crippen molar-refractivity contribution in [1.29, 1.82) is 0 Å². The number of carbonyl (C=O) groups excluding carboxylic acids is 3. The highest BCUT2D eigenvalue weighted by Gasteiger charge is 2.26. The molecular formula is C16H20N2O8. The minimum Gasteiger partial charge on any atom is -0.493 e. The van der Waals surface area contributed by atoms with Gasteiger partial charge in [-0.1, -0.05) is 0 Å². The maximum Gasteiger partial charge on any atom is 0.414 e. The van der Waals surface area contributed by atoms with Crippen molar-refractivity contribution in [1.82, 2.24) is 5.32 Å². The second-order valence-corrected chi connectivity index (χ2v) is 5.06. The van der Waals surface area contributed by atoms with E-state index in [1.54, 1.807) is 12.1 Å². The van der Waals surface area contributed by atoms with Crippen LogP contribution >= 0.6 is 0 Å². The van der Waals surface area contributed by atoms with Crippen LogP contribution in [0.25, 0.3) is 0 Å². The molecule has 1 aromatic carbocycles. The van der Waals surface area contributed by atoms with E-state index in [-0.39, 0.29) is 24.2 Å². The third-order valence-corrected chi connectivity index (χ3v) is 3.41. The fourth-order valence-electron chi connectivity index (χ4n) is 2.25. The van der Waals surface area contributed by atoms with Gasteiger partial charge in [-0.25, -0.2) is 9.59 Å². The molecule has 2 amide bonds. The first-order valence-electron chi connectivity index (χ1n) is 7.74. The lowest BCUT2D eigenvalue weighted by Crippen LogP contribution is -2.23. The molecule has 10 heteroatoms.